The molecule has 0 atom stereocenters. The van der Waals surface area contributed by atoms with Crippen LogP contribution < -0.4 is 0 Å². The molecule has 0 aliphatic carbocycles. The average Bonchev–Trinajstić information content (AvgIpc) is 3.22. The van der Waals surface area contributed by atoms with Gasteiger partial charge in [0.05, 0.1) is 11.2 Å². The van der Waals surface area contributed by atoms with E-state index in [-0.39, 0.29) is 0 Å². The van der Waals surface area contributed by atoms with Gasteiger partial charge in [-0.15, -0.1) is 0 Å². The SMILES string of the molecule is c1ccc(-c2nc3ccc4ccccc4c3c3ccc4cc(-c5c6ccccc6c(-c6cccc7ccccc67)c6ccccc56)ccc4c23)cc1. The normalized spacial score (nSPS) is 11.8. The first-order valence-electron chi connectivity index (χ1n) is 18.0. The van der Waals surface area contributed by atoms with Gasteiger partial charge < -0.3 is 0 Å². The van der Waals surface area contributed by atoms with Gasteiger partial charge in [0, 0.05) is 16.3 Å². The molecule has 11 rings (SSSR count). The number of aromatic nitrogens is 1. The van der Waals surface area contributed by atoms with Crippen LogP contribution >= 0.6 is 0 Å². The van der Waals surface area contributed by atoms with Crippen molar-refractivity contribution in [3.05, 3.63) is 188 Å². The summed E-state index contributed by atoms with van der Waals surface area (Å²) in [5, 5.41) is 16.1. The molecule has 0 N–H and O–H groups in total. The summed E-state index contributed by atoms with van der Waals surface area (Å²) in [7, 11) is 0. The Balaban J connectivity index is 1.22. The van der Waals surface area contributed by atoms with Crippen LogP contribution in [0.4, 0.5) is 0 Å². The van der Waals surface area contributed by atoms with Crippen molar-refractivity contribution in [2.24, 2.45) is 0 Å². The number of benzene rings is 10. The van der Waals surface area contributed by atoms with Crippen molar-refractivity contribution < 1.29 is 0 Å². The minimum Gasteiger partial charge on any atom is -0.247 e. The van der Waals surface area contributed by atoms with Gasteiger partial charge >= 0.3 is 0 Å². The second-order valence-electron chi connectivity index (χ2n) is 13.8. The van der Waals surface area contributed by atoms with Crippen molar-refractivity contribution in [3.8, 4) is 33.5 Å². The summed E-state index contributed by atoms with van der Waals surface area (Å²) < 4.78 is 0. The highest BCUT2D eigenvalue weighted by atomic mass is 14.7. The molecular formula is C51H31N. The molecule has 0 aliphatic heterocycles. The Labute approximate surface area is 301 Å². The first kappa shape index (κ1) is 29.0. The lowest BCUT2D eigenvalue weighted by Gasteiger charge is -2.19. The minimum absolute atomic E-state index is 1.02. The fourth-order valence-corrected chi connectivity index (χ4v) is 8.74. The maximum absolute atomic E-state index is 5.40. The van der Waals surface area contributed by atoms with Crippen LogP contribution in [0.5, 0.6) is 0 Å². The molecule has 240 valence electrons. The van der Waals surface area contributed by atoms with Gasteiger partial charge in [0.25, 0.3) is 0 Å². The molecular weight excluding hydrogens is 627 g/mol. The zero-order chi connectivity index (χ0) is 34.2. The van der Waals surface area contributed by atoms with Crippen molar-refractivity contribution in [3.63, 3.8) is 0 Å². The molecule has 0 radical (unpaired) electrons. The number of pyridine rings is 1. The first-order valence-corrected chi connectivity index (χ1v) is 18.0. The minimum atomic E-state index is 1.02. The molecule has 0 spiro atoms. The zero-order valence-corrected chi connectivity index (χ0v) is 28.3. The Morgan fingerprint density at radius 3 is 1.56 bits per heavy atom. The van der Waals surface area contributed by atoms with Crippen LogP contribution in [0.15, 0.2) is 188 Å². The van der Waals surface area contributed by atoms with Crippen molar-refractivity contribution in [2.75, 3.05) is 0 Å². The summed E-state index contributed by atoms with van der Waals surface area (Å²) >= 11 is 0. The summed E-state index contributed by atoms with van der Waals surface area (Å²) in [6.07, 6.45) is 0. The Kier molecular flexibility index (Phi) is 6.32. The van der Waals surface area contributed by atoms with Gasteiger partial charge in [-0.3, -0.25) is 0 Å². The van der Waals surface area contributed by atoms with Crippen molar-refractivity contribution >= 4 is 75.5 Å². The molecule has 1 aromatic heterocycles. The van der Waals surface area contributed by atoms with Crippen LogP contribution in [0.2, 0.25) is 0 Å². The highest BCUT2D eigenvalue weighted by molar-refractivity contribution is 6.28. The third kappa shape index (κ3) is 4.26. The van der Waals surface area contributed by atoms with E-state index in [4.69, 9.17) is 4.98 Å². The third-order valence-electron chi connectivity index (χ3n) is 11.0. The van der Waals surface area contributed by atoms with Gasteiger partial charge in [0.2, 0.25) is 0 Å². The fourth-order valence-electron chi connectivity index (χ4n) is 8.74. The standard InChI is InChI=1S/C51H31N/c1-2-15-34(16-3-1)51-50-39-28-26-36(31-35(39)25-29-45(50)49-38-19-7-5-14-33(38)27-30-46(49)52-51)47-41-20-8-10-22-43(41)48(44-23-11-9-21-42(44)47)40-24-12-17-32-13-4-6-18-37(32)40/h1-31H. The number of nitrogens with zero attached hydrogens (tertiary/aromatic N) is 1. The molecule has 0 saturated carbocycles. The van der Waals surface area contributed by atoms with Crippen molar-refractivity contribution in [1.29, 1.82) is 0 Å². The van der Waals surface area contributed by atoms with Crippen LogP contribution in [-0.2, 0) is 0 Å². The first-order chi connectivity index (χ1) is 25.8. The topological polar surface area (TPSA) is 12.9 Å². The van der Waals surface area contributed by atoms with E-state index in [9.17, 15) is 0 Å². The monoisotopic (exact) mass is 657 g/mol. The molecule has 0 unspecified atom stereocenters. The maximum atomic E-state index is 5.40. The van der Waals surface area contributed by atoms with Crippen LogP contribution in [0.1, 0.15) is 0 Å². The van der Waals surface area contributed by atoms with Crippen molar-refractivity contribution in [1.82, 2.24) is 4.98 Å². The maximum Gasteiger partial charge on any atom is 0.0794 e. The molecule has 0 bridgehead atoms. The van der Waals surface area contributed by atoms with E-state index in [0.717, 1.165) is 16.8 Å². The molecule has 0 fully saturated rings. The summed E-state index contributed by atoms with van der Waals surface area (Å²) in [6, 6.07) is 68.7. The summed E-state index contributed by atoms with van der Waals surface area (Å²) in [6.45, 7) is 0. The Hall–Kier alpha value is -6.83. The Morgan fingerprint density at radius 1 is 0.288 bits per heavy atom. The summed E-state index contributed by atoms with van der Waals surface area (Å²) in [4.78, 5) is 5.40. The molecule has 1 heteroatoms. The molecule has 0 aliphatic rings. The van der Waals surface area contributed by atoms with Crippen molar-refractivity contribution in [2.45, 2.75) is 0 Å². The predicted octanol–water partition coefficient (Wildman–Crippen LogP) is 14.2. The quantitative estimate of drug-likeness (QED) is 0.136. The van der Waals surface area contributed by atoms with E-state index in [1.165, 1.54) is 92.3 Å². The average molecular weight is 658 g/mol. The molecule has 11 aromatic rings. The van der Waals surface area contributed by atoms with Crippen LogP contribution in [0, 0.1) is 0 Å². The van der Waals surface area contributed by atoms with E-state index >= 15 is 0 Å². The number of fused-ring (bicyclic) bond motifs is 10. The van der Waals surface area contributed by atoms with Crippen LogP contribution in [0.25, 0.3) is 109 Å². The molecule has 52 heavy (non-hydrogen) atoms. The van der Waals surface area contributed by atoms with Gasteiger partial charge in [-0.25, -0.2) is 4.98 Å². The van der Waals surface area contributed by atoms with E-state index in [1.54, 1.807) is 0 Å². The second kappa shape index (κ2) is 11.3. The Morgan fingerprint density at radius 2 is 0.827 bits per heavy atom. The highest BCUT2D eigenvalue weighted by Gasteiger charge is 2.20. The lowest BCUT2D eigenvalue weighted by atomic mass is 9.84. The van der Waals surface area contributed by atoms with E-state index in [1.807, 2.05) is 0 Å². The molecule has 0 amide bonds. The molecule has 0 saturated heterocycles. The van der Waals surface area contributed by atoms with Gasteiger partial charge in [-0.1, -0.05) is 176 Å². The van der Waals surface area contributed by atoms with Crippen LogP contribution in [-0.4, -0.2) is 4.98 Å². The predicted molar refractivity (Wildman–Crippen MR) is 223 cm³/mol. The van der Waals surface area contributed by atoms with Gasteiger partial charge in [-0.2, -0.15) is 0 Å². The highest BCUT2D eigenvalue weighted by Crippen LogP contribution is 2.47. The van der Waals surface area contributed by atoms with E-state index < -0.39 is 0 Å². The lowest BCUT2D eigenvalue weighted by molar-refractivity contribution is 1.44. The fraction of sp³-hybridized carbons (Fsp3) is 0. The second-order valence-corrected chi connectivity index (χ2v) is 13.8. The van der Waals surface area contributed by atoms with E-state index in [2.05, 4.69) is 188 Å². The number of hydrogen-bond acceptors (Lipinski definition) is 1. The summed E-state index contributed by atoms with van der Waals surface area (Å²) in [5.41, 5.74) is 8.20. The van der Waals surface area contributed by atoms with Gasteiger partial charge in [0.15, 0.2) is 0 Å². The largest absolute Gasteiger partial charge is 0.247 e. The molecule has 10 aromatic carbocycles. The van der Waals surface area contributed by atoms with Crippen LogP contribution in [0.3, 0.4) is 0 Å². The van der Waals surface area contributed by atoms with Gasteiger partial charge in [-0.05, 0) is 93.6 Å². The number of rotatable bonds is 3. The van der Waals surface area contributed by atoms with E-state index in [0.29, 0.717) is 0 Å². The zero-order valence-electron chi connectivity index (χ0n) is 28.3. The third-order valence-corrected chi connectivity index (χ3v) is 11.0. The smallest absolute Gasteiger partial charge is 0.0794 e. The van der Waals surface area contributed by atoms with Gasteiger partial charge in [0.1, 0.15) is 0 Å². The Bertz CT molecular complexity index is 3170. The molecule has 1 heterocycles. The lowest BCUT2D eigenvalue weighted by Crippen LogP contribution is -1.93. The number of hydrogen-bond donors (Lipinski definition) is 0. The molecule has 1 nitrogen and oxygen atoms in total. The summed E-state index contributed by atoms with van der Waals surface area (Å²) in [5.74, 6) is 0.